The lowest BCUT2D eigenvalue weighted by atomic mass is 9.86. The molecule has 1 aliphatic rings. The van der Waals surface area contributed by atoms with Crippen LogP contribution in [-0.4, -0.2) is 41.4 Å². The van der Waals surface area contributed by atoms with Gasteiger partial charge in [0.1, 0.15) is 6.04 Å². The summed E-state index contributed by atoms with van der Waals surface area (Å²) in [6.45, 7) is 6.70. The van der Waals surface area contributed by atoms with Gasteiger partial charge in [-0.25, -0.2) is 9.59 Å². The largest absolute Gasteiger partial charge is 0.480 e. The van der Waals surface area contributed by atoms with Crippen molar-refractivity contribution in [3.05, 3.63) is 0 Å². The molecule has 2 amide bonds. The Balaban J connectivity index is 2.52. The molecule has 0 saturated carbocycles. The Labute approximate surface area is 126 Å². The smallest absolute Gasteiger partial charge is 0.326 e. The zero-order chi connectivity index (χ0) is 15.9. The lowest BCUT2D eigenvalue weighted by Gasteiger charge is -2.40. The molecular weight excluding hydrogens is 272 g/mol. The second kappa shape index (κ2) is 8.22. The molecule has 0 aromatic heterocycles. The highest BCUT2D eigenvalue weighted by atomic mass is 16.5. The Morgan fingerprint density at radius 2 is 2.00 bits per heavy atom. The van der Waals surface area contributed by atoms with Gasteiger partial charge in [0, 0.05) is 12.6 Å². The van der Waals surface area contributed by atoms with Gasteiger partial charge >= 0.3 is 12.0 Å². The number of urea groups is 1. The van der Waals surface area contributed by atoms with Gasteiger partial charge < -0.3 is 20.5 Å². The molecule has 1 saturated heterocycles. The number of aliphatic carboxylic acids is 1. The van der Waals surface area contributed by atoms with Crippen molar-refractivity contribution < 1.29 is 19.4 Å². The van der Waals surface area contributed by atoms with Crippen LogP contribution in [0.15, 0.2) is 0 Å². The average Bonchev–Trinajstić information content (AvgIpc) is 2.46. The topological polar surface area (TPSA) is 87.7 Å². The van der Waals surface area contributed by atoms with Crippen molar-refractivity contribution >= 4 is 12.0 Å². The first-order chi connectivity index (χ1) is 9.96. The summed E-state index contributed by atoms with van der Waals surface area (Å²) in [5.41, 5.74) is -0.161. The van der Waals surface area contributed by atoms with E-state index in [1.807, 2.05) is 6.92 Å². The van der Waals surface area contributed by atoms with E-state index in [9.17, 15) is 9.59 Å². The molecule has 1 fully saturated rings. The van der Waals surface area contributed by atoms with E-state index in [2.05, 4.69) is 24.5 Å². The second-order valence-electron chi connectivity index (χ2n) is 5.73. The Morgan fingerprint density at radius 1 is 1.33 bits per heavy atom. The maximum Gasteiger partial charge on any atom is 0.326 e. The van der Waals surface area contributed by atoms with Crippen molar-refractivity contribution in [1.29, 1.82) is 0 Å². The number of hydrogen-bond acceptors (Lipinski definition) is 3. The van der Waals surface area contributed by atoms with Crippen molar-refractivity contribution in [3.63, 3.8) is 0 Å². The minimum absolute atomic E-state index is 0.0368. The maximum atomic E-state index is 12.0. The molecule has 1 rings (SSSR count). The van der Waals surface area contributed by atoms with Gasteiger partial charge in [-0.3, -0.25) is 0 Å². The maximum absolute atomic E-state index is 12.0. The second-order valence-corrected chi connectivity index (χ2v) is 5.73. The van der Waals surface area contributed by atoms with Gasteiger partial charge in [0.25, 0.3) is 0 Å². The Hall–Kier alpha value is -1.30. The molecule has 1 unspecified atom stereocenters. The van der Waals surface area contributed by atoms with Crippen molar-refractivity contribution in [2.75, 3.05) is 6.61 Å². The summed E-state index contributed by atoms with van der Waals surface area (Å²) < 4.78 is 5.87. The summed E-state index contributed by atoms with van der Waals surface area (Å²) >= 11 is 0. The quantitative estimate of drug-likeness (QED) is 0.673. The highest BCUT2D eigenvalue weighted by Gasteiger charge is 2.35. The Morgan fingerprint density at radius 3 is 2.52 bits per heavy atom. The molecule has 6 nitrogen and oxygen atoms in total. The molecular formula is C15H28N2O4. The van der Waals surface area contributed by atoms with Crippen LogP contribution in [0.3, 0.4) is 0 Å². The van der Waals surface area contributed by atoms with Gasteiger partial charge in [0.05, 0.1) is 5.60 Å². The molecule has 0 spiro atoms. The van der Waals surface area contributed by atoms with Crippen LogP contribution >= 0.6 is 0 Å². The molecule has 0 radical (unpaired) electrons. The molecule has 0 aliphatic carbocycles. The fourth-order valence-electron chi connectivity index (χ4n) is 2.83. The van der Waals surface area contributed by atoms with Crippen LogP contribution in [0.5, 0.6) is 0 Å². The number of carbonyl (C=O) groups excluding carboxylic acids is 1. The molecule has 3 N–H and O–H groups in total. The summed E-state index contributed by atoms with van der Waals surface area (Å²) in [6.07, 6.45) is 4.51. The van der Waals surface area contributed by atoms with E-state index in [4.69, 9.17) is 9.84 Å². The average molecular weight is 300 g/mol. The molecule has 1 heterocycles. The van der Waals surface area contributed by atoms with Crippen LogP contribution in [-0.2, 0) is 9.53 Å². The van der Waals surface area contributed by atoms with Crippen molar-refractivity contribution in [2.24, 2.45) is 0 Å². The number of nitrogens with one attached hydrogen (secondary N) is 2. The van der Waals surface area contributed by atoms with Crippen LogP contribution in [0, 0.1) is 0 Å². The van der Waals surface area contributed by atoms with E-state index in [1.165, 1.54) is 0 Å². The summed E-state index contributed by atoms with van der Waals surface area (Å²) in [5, 5.41) is 14.5. The third kappa shape index (κ3) is 5.19. The number of ether oxygens (including phenoxy) is 1. The molecule has 21 heavy (non-hydrogen) atoms. The highest BCUT2D eigenvalue weighted by molar-refractivity contribution is 5.82. The summed E-state index contributed by atoms with van der Waals surface area (Å²) in [4.78, 5) is 23.0. The summed E-state index contributed by atoms with van der Waals surface area (Å²) in [6, 6.07) is -1.18. The van der Waals surface area contributed by atoms with Gasteiger partial charge in [-0.1, -0.05) is 27.2 Å². The lowest BCUT2D eigenvalue weighted by Crippen LogP contribution is -2.53. The van der Waals surface area contributed by atoms with Gasteiger partial charge in [0.2, 0.25) is 0 Å². The normalized spacial score (nSPS) is 22.3. The molecule has 0 aromatic rings. The summed E-state index contributed by atoms with van der Waals surface area (Å²) in [7, 11) is 0. The highest BCUT2D eigenvalue weighted by Crippen LogP contribution is 2.31. The SMILES string of the molecule is CCC[C@@H](NC(=O)NC1CCOC(CC)(CC)C1)C(=O)O. The van der Waals surface area contributed by atoms with Crippen LogP contribution in [0.1, 0.15) is 59.3 Å². The fourth-order valence-corrected chi connectivity index (χ4v) is 2.83. The predicted octanol–water partition coefficient (Wildman–Crippen LogP) is 2.28. The Kier molecular flexibility index (Phi) is 6.95. The standard InChI is InChI=1S/C15H28N2O4/c1-4-7-12(13(18)19)17-14(20)16-11-8-9-21-15(5-2,6-3)10-11/h11-12H,4-10H2,1-3H3,(H,18,19)(H2,16,17,20)/t11?,12-/m1/s1. The van der Waals surface area contributed by atoms with Crippen LogP contribution in [0.25, 0.3) is 0 Å². The fraction of sp³-hybridized carbons (Fsp3) is 0.867. The third-order valence-corrected chi connectivity index (χ3v) is 4.30. The van der Waals surface area contributed by atoms with Gasteiger partial charge in [-0.2, -0.15) is 0 Å². The monoisotopic (exact) mass is 300 g/mol. The third-order valence-electron chi connectivity index (χ3n) is 4.30. The molecule has 0 aromatic carbocycles. The number of rotatable bonds is 7. The zero-order valence-corrected chi connectivity index (χ0v) is 13.3. The number of carboxylic acid groups (broad SMARTS) is 1. The first-order valence-electron chi connectivity index (χ1n) is 7.90. The van der Waals surface area contributed by atoms with E-state index < -0.39 is 18.0 Å². The van der Waals surface area contributed by atoms with Gasteiger partial charge in [-0.05, 0) is 32.1 Å². The number of amides is 2. The lowest BCUT2D eigenvalue weighted by molar-refractivity contribution is -0.139. The van der Waals surface area contributed by atoms with Gasteiger partial charge in [0.15, 0.2) is 0 Å². The van der Waals surface area contributed by atoms with E-state index in [1.54, 1.807) is 0 Å². The zero-order valence-electron chi connectivity index (χ0n) is 13.3. The molecule has 1 aliphatic heterocycles. The number of hydrogen-bond donors (Lipinski definition) is 3. The van der Waals surface area contributed by atoms with Crippen molar-refractivity contribution in [2.45, 2.75) is 77.0 Å². The van der Waals surface area contributed by atoms with Crippen molar-refractivity contribution in [3.8, 4) is 0 Å². The van der Waals surface area contributed by atoms with Crippen LogP contribution in [0.4, 0.5) is 4.79 Å². The van der Waals surface area contributed by atoms with E-state index in [0.29, 0.717) is 19.4 Å². The van der Waals surface area contributed by atoms with E-state index in [0.717, 1.165) is 25.7 Å². The molecule has 2 atom stereocenters. The van der Waals surface area contributed by atoms with E-state index in [-0.39, 0.29) is 11.6 Å². The first-order valence-corrected chi connectivity index (χ1v) is 7.90. The molecule has 6 heteroatoms. The predicted molar refractivity (Wildman–Crippen MR) is 80.3 cm³/mol. The van der Waals surface area contributed by atoms with Crippen molar-refractivity contribution in [1.82, 2.24) is 10.6 Å². The first kappa shape index (κ1) is 17.8. The molecule has 122 valence electrons. The minimum Gasteiger partial charge on any atom is -0.480 e. The van der Waals surface area contributed by atoms with E-state index >= 15 is 0 Å². The minimum atomic E-state index is -0.990. The Bertz CT molecular complexity index is 356. The van der Waals surface area contributed by atoms with Crippen LogP contribution < -0.4 is 10.6 Å². The van der Waals surface area contributed by atoms with Crippen LogP contribution in [0.2, 0.25) is 0 Å². The number of carboxylic acids is 1. The summed E-state index contributed by atoms with van der Waals surface area (Å²) in [5.74, 6) is -0.990. The number of carbonyl (C=O) groups is 2. The van der Waals surface area contributed by atoms with Gasteiger partial charge in [-0.15, -0.1) is 0 Å². The molecule has 0 bridgehead atoms.